The molecule has 0 N–H and O–H groups in total. The van der Waals surface area contributed by atoms with Crippen LogP contribution in [-0.4, -0.2) is 28.8 Å². The van der Waals surface area contributed by atoms with Crippen LogP contribution in [0.3, 0.4) is 0 Å². The first-order valence-electron chi connectivity index (χ1n) is 6.26. The van der Waals surface area contributed by atoms with E-state index in [2.05, 4.69) is 48.6 Å². The van der Waals surface area contributed by atoms with Crippen LogP contribution in [0.2, 0.25) is 0 Å². The molecule has 2 aromatic rings. The van der Waals surface area contributed by atoms with Crippen molar-refractivity contribution in [2.45, 2.75) is 10.6 Å². The molecule has 0 saturated heterocycles. The Morgan fingerprint density at radius 2 is 1.37 bits per heavy atom. The monoisotopic (exact) mass is 380 g/mol. The van der Waals surface area contributed by atoms with Gasteiger partial charge in [0.25, 0.3) is 0 Å². The second-order valence-electron chi connectivity index (χ2n) is 4.83. The van der Waals surface area contributed by atoms with Crippen molar-refractivity contribution in [3.8, 4) is 0 Å². The third kappa shape index (κ3) is 1.98. The molecule has 0 aromatic heterocycles. The fraction of sp³-hybridized carbons (Fsp3) is 0.125. The van der Waals surface area contributed by atoms with Gasteiger partial charge in [-0.2, -0.15) is 0 Å². The van der Waals surface area contributed by atoms with Crippen LogP contribution in [0.15, 0.2) is 36.4 Å². The Hall–Kier alpha value is -0.981. The van der Waals surface area contributed by atoms with Crippen molar-refractivity contribution >= 4 is 49.9 Å². The standard InChI is InChI=1S/C16H12OSe2/c17-19-9-13-5-1-3-11-7-8-12-4-2-6-14(10-19)16(12)18-15(11)13/h1-8H,9-10H2. The van der Waals surface area contributed by atoms with Gasteiger partial charge in [0.05, 0.1) is 0 Å². The van der Waals surface area contributed by atoms with Gasteiger partial charge in [0.1, 0.15) is 0 Å². The average molecular weight is 378 g/mol. The van der Waals surface area contributed by atoms with Gasteiger partial charge in [-0.3, -0.25) is 0 Å². The molecule has 94 valence electrons. The molecule has 0 atom stereocenters. The van der Waals surface area contributed by atoms with Crippen LogP contribution in [0.4, 0.5) is 0 Å². The van der Waals surface area contributed by atoms with E-state index in [4.69, 9.17) is 0 Å². The van der Waals surface area contributed by atoms with E-state index in [9.17, 15) is 3.83 Å². The molecule has 0 spiro atoms. The fourth-order valence-electron chi connectivity index (χ4n) is 2.63. The Balaban J connectivity index is 2.07. The first kappa shape index (κ1) is 11.8. The van der Waals surface area contributed by atoms with Gasteiger partial charge < -0.3 is 0 Å². The number of benzene rings is 2. The van der Waals surface area contributed by atoms with Crippen LogP contribution in [-0.2, 0) is 14.5 Å². The van der Waals surface area contributed by atoms with Crippen LogP contribution >= 0.6 is 0 Å². The van der Waals surface area contributed by atoms with E-state index in [1.807, 2.05) is 0 Å². The Labute approximate surface area is 123 Å². The summed E-state index contributed by atoms with van der Waals surface area (Å²) in [6.45, 7) is 0. The van der Waals surface area contributed by atoms with Gasteiger partial charge in [-0.15, -0.1) is 0 Å². The van der Waals surface area contributed by atoms with Gasteiger partial charge in [0, 0.05) is 0 Å². The molecule has 0 fully saturated rings. The summed E-state index contributed by atoms with van der Waals surface area (Å²) in [5.41, 5.74) is 5.29. The van der Waals surface area contributed by atoms with Gasteiger partial charge in [0.2, 0.25) is 0 Å². The van der Waals surface area contributed by atoms with E-state index >= 15 is 0 Å². The minimum absolute atomic E-state index is 0.341. The number of hydrogen-bond acceptors (Lipinski definition) is 1. The zero-order valence-corrected chi connectivity index (χ0v) is 13.7. The summed E-state index contributed by atoms with van der Waals surface area (Å²) >= 11 is -1.44. The van der Waals surface area contributed by atoms with E-state index in [1.165, 1.54) is 31.2 Å². The molecule has 3 heteroatoms. The minimum atomic E-state index is -1.78. The molecule has 0 unspecified atom stereocenters. The molecule has 0 radical (unpaired) electrons. The molecular weight excluding hydrogens is 366 g/mol. The topological polar surface area (TPSA) is 17.1 Å². The molecule has 2 aliphatic heterocycles. The molecule has 4 rings (SSSR count). The quantitative estimate of drug-likeness (QED) is 0.541. The average Bonchev–Trinajstić information content (AvgIpc) is 2.58. The predicted octanol–water partition coefficient (Wildman–Crippen LogP) is 1.42. The van der Waals surface area contributed by atoms with E-state index in [1.54, 1.807) is 0 Å². The van der Waals surface area contributed by atoms with Gasteiger partial charge in [0.15, 0.2) is 0 Å². The van der Waals surface area contributed by atoms with Crippen LogP contribution in [0.1, 0.15) is 22.3 Å². The second-order valence-corrected chi connectivity index (χ2v) is 10.0. The molecule has 0 amide bonds. The maximum absolute atomic E-state index is 12.4. The summed E-state index contributed by atoms with van der Waals surface area (Å²) in [5, 5.41) is 1.59. The van der Waals surface area contributed by atoms with Crippen molar-refractivity contribution < 1.29 is 3.83 Å². The molecular formula is C16H12OSe2. The zero-order chi connectivity index (χ0) is 12.8. The van der Waals surface area contributed by atoms with Crippen molar-refractivity contribution in [2.24, 2.45) is 0 Å². The first-order valence-corrected chi connectivity index (χ1v) is 11.1. The molecule has 0 saturated carbocycles. The van der Waals surface area contributed by atoms with Crippen molar-refractivity contribution in [3.63, 3.8) is 0 Å². The van der Waals surface area contributed by atoms with E-state index in [0.29, 0.717) is 15.0 Å². The van der Waals surface area contributed by atoms with E-state index < -0.39 is 13.8 Å². The molecule has 2 aliphatic rings. The third-order valence-corrected chi connectivity index (χ3v) is 9.14. The molecule has 2 bridgehead atoms. The van der Waals surface area contributed by atoms with Crippen LogP contribution < -0.4 is 8.92 Å². The van der Waals surface area contributed by atoms with Crippen molar-refractivity contribution in [1.82, 2.24) is 0 Å². The molecule has 2 aromatic carbocycles. The fourth-order valence-corrected chi connectivity index (χ4v) is 8.87. The summed E-state index contributed by atoms with van der Waals surface area (Å²) in [6, 6.07) is 12.9. The van der Waals surface area contributed by atoms with Crippen molar-refractivity contribution in [2.75, 3.05) is 0 Å². The third-order valence-electron chi connectivity index (χ3n) is 3.53. The van der Waals surface area contributed by atoms with Crippen LogP contribution in [0.25, 0.3) is 12.2 Å². The van der Waals surface area contributed by atoms with E-state index in [0.717, 1.165) is 10.6 Å². The van der Waals surface area contributed by atoms with Gasteiger partial charge in [-0.05, 0) is 0 Å². The SMILES string of the molecule is O=[Se]1Cc2cccc3c2[Se]c2c(cccc2C1)C=C3. The first-order chi connectivity index (χ1) is 9.31. The number of rotatable bonds is 0. The van der Waals surface area contributed by atoms with Crippen LogP contribution in [0.5, 0.6) is 0 Å². The summed E-state index contributed by atoms with van der Waals surface area (Å²) in [4.78, 5) is 0. The second kappa shape index (κ2) is 4.54. The Morgan fingerprint density at radius 1 is 0.842 bits per heavy atom. The van der Waals surface area contributed by atoms with Crippen molar-refractivity contribution in [1.29, 1.82) is 0 Å². The summed E-state index contributed by atoms with van der Waals surface area (Å²) in [5.74, 6) is 0. The summed E-state index contributed by atoms with van der Waals surface area (Å²) in [6.07, 6.45) is 4.45. The summed E-state index contributed by atoms with van der Waals surface area (Å²) < 4.78 is 15.3. The molecule has 2 heterocycles. The zero-order valence-electron chi connectivity index (χ0n) is 10.3. The normalized spacial score (nSPS) is 16.6. The van der Waals surface area contributed by atoms with Gasteiger partial charge in [-0.25, -0.2) is 0 Å². The van der Waals surface area contributed by atoms with Gasteiger partial charge in [-0.1, -0.05) is 0 Å². The van der Waals surface area contributed by atoms with Gasteiger partial charge >= 0.3 is 123 Å². The van der Waals surface area contributed by atoms with Crippen LogP contribution in [0, 0.1) is 0 Å². The molecule has 0 aliphatic carbocycles. The predicted molar refractivity (Wildman–Crippen MR) is 80.7 cm³/mol. The summed E-state index contributed by atoms with van der Waals surface area (Å²) in [7, 11) is 0. The Morgan fingerprint density at radius 3 is 1.89 bits per heavy atom. The van der Waals surface area contributed by atoms with Crippen molar-refractivity contribution in [3.05, 3.63) is 58.7 Å². The Bertz CT molecular complexity index is 672. The maximum atomic E-state index is 12.4. The van der Waals surface area contributed by atoms with E-state index in [-0.39, 0.29) is 0 Å². The molecule has 19 heavy (non-hydrogen) atoms. The molecule has 1 nitrogen and oxygen atoms in total. The number of hydrogen-bond donors (Lipinski definition) is 0. The Kier molecular flexibility index (Phi) is 2.82.